The van der Waals surface area contributed by atoms with Gasteiger partial charge in [0.05, 0.1) is 19.2 Å². The molecule has 30 heavy (non-hydrogen) atoms. The Morgan fingerprint density at radius 2 is 1.63 bits per heavy atom. The van der Waals surface area contributed by atoms with Crippen LogP contribution in [0.15, 0.2) is 18.2 Å². The first-order valence-corrected chi connectivity index (χ1v) is 11.1. The maximum absolute atomic E-state index is 12.8. The molecule has 0 atom stereocenters. The van der Waals surface area contributed by atoms with Crippen molar-refractivity contribution in [1.82, 2.24) is 9.80 Å². The Balaban J connectivity index is 1.55. The Kier molecular flexibility index (Phi) is 8.02. The number of ether oxygens (including phenoxy) is 2. The number of methoxy groups -OCH3 is 2. The molecule has 3 rings (SSSR count). The average molecular weight is 435 g/mol. The van der Waals surface area contributed by atoms with Gasteiger partial charge in [0.1, 0.15) is 0 Å². The molecule has 0 spiro atoms. The summed E-state index contributed by atoms with van der Waals surface area (Å²) in [6.45, 7) is 2.99. The van der Waals surface area contributed by atoms with E-state index >= 15 is 0 Å². The zero-order valence-electron chi connectivity index (χ0n) is 17.9. The summed E-state index contributed by atoms with van der Waals surface area (Å²) in [6.07, 6.45) is 9.39. The van der Waals surface area contributed by atoms with Crippen LogP contribution in [0.5, 0.6) is 11.5 Å². The first-order valence-electron chi connectivity index (χ1n) is 10.7. The number of amides is 2. The lowest BCUT2D eigenvalue weighted by molar-refractivity contribution is -0.139. The quantitative estimate of drug-likeness (QED) is 0.657. The molecule has 0 unspecified atom stereocenters. The molecule has 2 amide bonds. The molecular formula is C23H31ClN2O4. The van der Waals surface area contributed by atoms with Crippen molar-refractivity contribution < 1.29 is 19.1 Å². The van der Waals surface area contributed by atoms with E-state index in [0.29, 0.717) is 29.6 Å². The third-order valence-electron chi connectivity index (χ3n) is 5.95. The maximum Gasteiger partial charge on any atom is 0.246 e. The van der Waals surface area contributed by atoms with Gasteiger partial charge in [0.2, 0.25) is 11.8 Å². The van der Waals surface area contributed by atoms with Gasteiger partial charge in [0.15, 0.2) is 11.5 Å². The maximum atomic E-state index is 12.8. The second-order valence-corrected chi connectivity index (χ2v) is 8.32. The Labute approximate surface area is 183 Å². The number of piperidine rings is 1. The van der Waals surface area contributed by atoms with Gasteiger partial charge in [-0.2, -0.15) is 0 Å². The molecule has 164 valence electrons. The molecule has 0 N–H and O–H groups in total. The lowest BCUT2D eigenvalue weighted by atomic mass is 9.95. The standard InChI is InChI=1S/C23H31ClN2O4/c1-29-20-16-17(15-19(24)22(20)30-2)7-8-21(27)25-13-9-18(10-14-25)23(28)26-11-5-3-4-6-12-26/h7-8,15-16,18H,3-6,9-14H2,1-2H3. The summed E-state index contributed by atoms with van der Waals surface area (Å²) in [6, 6.07) is 3.51. The van der Waals surface area contributed by atoms with Crippen molar-refractivity contribution in [3.05, 3.63) is 28.8 Å². The highest BCUT2D eigenvalue weighted by Gasteiger charge is 2.29. The van der Waals surface area contributed by atoms with Crippen molar-refractivity contribution in [2.45, 2.75) is 38.5 Å². The number of hydrogen-bond donors (Lipinski definition) is 0. The molecule has 2 heterocycles. The number of halogens is 1. The van der Waals surface area contributed by atoms with Crippen molar-refractivity contribution in [3.8, 4) is 11.5 Å². The van der Waals surface area contributed by atoms with Crippen molar-refractivity contribution in [1.29, 1.82) is 0 Å². The van der Waals surface area contributed by atoms with Gasteiger partial charge in [0.25, 0.3) is 0 Å². The monoisotopic (exact) mass is 434 g/mol. The molecule has 6 nitrogen and oxygen atoms in total. The molecule has 1 aromatic rings. The summed E-state index contributed by atoms with van der Waals surface area (Å²) >= 11 is 6.23. The van der Waals surface area contributed by atoms with E-state index in [4.69, 9.17) is 21.1 Å². The highest BCUT2D eigenvalue weighted by atomic mass is 35.5. The van der Waals surface area contributed by atoms with Crippen LogP contribution >= 0.6 is 11.6 Å². The zero-order valence-corrected chi connectivity index (χ0v) is 18.6. The lowest BCUT2D eigenvalue weighted by Crippen LogP contribution is -2.44. The molecular weight excluding hydrogens is 404 g/mol. The number of carbonyl (C=O) groups is 2. The fourth-order valence-corrected chi connectivity index (χ4v) is 4.50. The Bertz CT molecular complexity index is 780. The van der Waals surface area contributed by atoms with Crippen LogP contribution in [0, 0.1) is 5.92 Å². The number of carbonyl (C=O) groups excluding carboxylic acids is 2. The number of nitrogens with zero attached hydrogens (tertiary/aromatic N) is 2. The normalized spacial score (nSPS) is 18.4. The van der Waals surface area contributed by atoms with E-state index < -0.39 is 0 Å². The van der Waals surface area contributed by atoms with E-state index in [1.54, 1.807) is 31.4 Å². The highest BCUT2D eigenvalue weighted by Crippen LogP contribution is 2.36. The molecule has 0 bridgehead atoms. The third kappa shape index (κ3) is 5.48. The molecule has 2 aliphatic rings. The van der Waals surface area contributed by atoms with Crippen LogP contribution in [-0.4, -0.2) is 62.0 Å². The summed E-state index contributed by atoms with van der Waals surface area (Å²) < 4.78 is 10.5. The Morgan fingerprint density at radius 3 is 2.23 bits per heavy atom. The van der Waals surface area contributed by atoms with Gasteiger partial charge in [0, 0.05) is 38.2 Å². The van der Waals surface area contributed by atoms with Crippen LogP contribution in [0.3, 0.4) is 0 Å². The second kappa shape index (κ2) is 10.7. The first kappa shape index (κ1) is 22.5. The van der Waals surface area contributed by atoms with Gasteiger partial charge >= 0.3 is 0 Å². The minimum absolute atomic E-state index is 0.0424. The SMILES string of the molecule is COc1cc(C=CC(=O)N2CCC(C(=O)N3CCCCCC3)CC2)cc(Cl)c1OC. The summed E-state index contributed by atoms with van der Waals surface area (Å²) in [5.41, 5.74) is 0.761. The molecule has 0 radical (unpaired) electrons. The molecule has 1 aromatic carbocycles. The van der Waals surface area contributed by atoms with E-state index in [9.17, 15) is 9.59 Å². The van der Waals surface area contributed by atoms with Gasteiger partial charge in [-0.3, -0.25) is 9.59 Å². The number of benzene rings is 1. The van der Waals surface area contributed by atoms with Crippen LogP contribution in [0.2, 0.25) is 5.02 Å². The molecule has 7 heteroatoms. The van der Waals surface area contributed by atoms with Crippen LogP contribution in [0.1, 0.15) is 44.1 Å². The summed E-state index contributed by atoms with van der Waals surface area (Å²) in [7, 11) is 3.08. The topological polar surface area (TPSA) is 59.1 Å². The molecule has 0 aliphatic carbocycles. The van der Waals surface area contributed by atoms with Gasteiger partial charge in [-0.25, -0.2) is 0 Å². The van der Waals surface area contributed by atoms with Crippen molar-refractivity contribution >= 4 is 29.5 Å². The number of hydrogen-bond acceptors (Lipinski definition) is 4. The molecule has 2 saturated heterocycles. The van der Waals surface area contributed by atoms with Gasteiger partial charge < -0.3 is 19.3 Å². The average Bonchev–Trinajstić information content (AvgIpc) is 3.06. The number of rotatable bonds is 5. The Hall–Kier alpha value is -2.21. The van der Waals surface area contributed by atoms with Crippen molar-refractivity contribution in [3.63, 3.8) is 0 Å². The van der Waals surface area contributed by atoms with Crippen LogP contribution in [0.4, 0.5) is 0 Å². The first-order chi connectivity index (χ1) is 14.5. The van der Waals surface area contributed by atoms with E-state index in [2.05, 4.69) is 0 Å². The smallest absolute Gasteiger partial charge is 0.246 e. The van der Waals surface area contributed by atoms with E-state index in [0.717, 1.165) is 44.3 Å². The molecule has 0 aromatic heterocycles. The van der Waals surface area contributed by atoms with Crippen LogP contribution < -0.4 is 9.47 Å². The fourth-order valence-electron chi connectivity index (χ4n) is 4.20. The minimum Gasteiger partial charge on any atom is -0.493 e. The fraction of sp³-hybridized carbons (Fsp3) is 0.565. The van der Waals surface area contributed by atoms with Crippen molar-refractivity contribution in [2.24, 2.45) is 5.92 Å². The van der Waals surface area contributed by atoms with Crippen LogP contribution in [-0.2, 0) is 9.59 Å². The molecule has 2 aliphatic heterocycles. The van der Waals surface area contributed by atoms with E-state index in [1.807, 2.05) is 9.80 Å². The largest absolute Gasteiger partial charge is 0.493 e. The van der Waals surface area contributed by atoms with Gasteiger partial charge in [-0.15, -0.1) is 0 Å². The lowest BCUT2D eigenvalue weighted by Gasteiger charge is -2.33. The van der Waals surface area contributed by atoms with E-state index in [1.165, 1.54) is 20.0 Å². The van der Waals surface area contributed by atoms with Crippen molar-refractivity contribution in [2.75, 3.05) is 40.4 Å². The molecule has 0 saturated carbocycles. The van der Waals surface area contributed by atoms with Crippen LogP contribution in [0.25, 0.3) is 6.08 Å². The highest BCUT2D eigenvalue weighted by molar-refractivity contribution is 6.32. The summed E-state index contributed by atoms with van der Waals surface area (Å²) in [5, 5.41) is 0.428. The minimum atomic E-state index is -0.0541. The van der Waals surface area contributed by atoms with E-state index in [-0.39, 0.29) is 17.7 Å². The predicted molar refractivity (Wildman–Crippen MR) is 118 cm³/mol. The third-order valence-corrected chi connectivity index (χ3v) is 6.23. The van der Waals surface area contributed by atoms with Gasteiger partial charge in [-0.05, 0) is 49.5 Å². The van der Waals surface area contributed by atoms with Gasteiger partial charge in [-0.1, -0.05) is 24.4 Å². The summed E-state index contributed by atoms with van der Waals surface area (Å²) in [4.78, 5) is 29.3. The summed E-state index contributed by atoms with van der Waals surface area (Å²) in [5.74, 6) is 1.26. The Morgan fingerprint density at radius 1 is 0.967 bits per heavy atom. The number of likely N-dealkylation sites (tertiary alicyclic amines) is 2. The molecule has 2 fully saturated rings. The second-order valence-electron chi connectivity index (χ2n) is 7.91. The predicted octanol–water partition coefficient (Wildman–Crippen LogP) is 4.01. The zero-order chi connectivity index (χ0) is 21.5.